The first-order chi connectivity index (χ1) is 12.9. The number of fused-ring (bicyclic) bond motifs is 1. The molecule has 0 unspecified atom stereocenters. The second-order valence-electron chi connectivity index (χ2n) is 6.79. The molecule has 0 aromatic heterocycles. The van der Waals surface area contributed by atoms with Gasteiger partial charge >= 0.3 is 0 Å². The number of halogens is 1. The van der Waals surface area contributed by atoms with E-state index in [1.165, 1.54) is 0 Å². The van der Waals surface area contributed by atoms with Crippen molar-refractivity contribution >= 4 is 15.9 Å². The lowest BCUT2D eigenvalue weighted by Gasteiger charge is -2.45. The van der Waals surface area contributed by atoms with Gasteiger partial charge in [0.25, 0.3) is 0 Å². The molecule has 2 atom stereocenters. The van der Waals surface area contributed by atoms with Gasteiger partial charge in [-0.3, -0.25) is 0 Å². The third kappa shape index (κ3) is 2.79. The van der Waals surface area contributed by atoms with Crippen LogP contribution in [-0.4, -0.2) is 32.1 Å². The number of hydrogen-bond donors (Lipinski definition) is 1. The van der Waals surface area contributed by atoms with Crippen LogP contribution in [-0.2, 0) is 0 Å². The molecule has 27 heavy (non-hydrogen) atoms. The van der Waals surface area contributed by atoms with Crippen LogP contribution in [0.2, 0.25) is 0 Å². The lowest BCUT2D eigenvalue weighted by atomic mass is 9.58. The van der Waals surface area contributed by atoms with E-state index in [0.717, 1.165) is 15.6 Å². The summed E-state index contributed by atoms with van der Waals surface area (Å²) >= 11 is 3.48. The largest absolute Gasteiger partial charge is 0.496 e. The summed E-state index contributed by atoms with van der Waals surface area (Å²) in [7, 11) is 3.55. The zero-order chi connectivity index (χ0) is 19.8. The highest BCUT2D eigenvalue weighted by Crippen LogP contribution is 2.54. The number of nitriles is 3. The maximum Gasteiger partial charge on any atom is 0.191 e. The third-order valence-corrected chi connectivity index (χ3v) is 6.00. The van der Waals surface area contributed by atoms with Crippen molar-refractivity contribution in [3.63, 3.8) is 0 Å². The number of methoxy groups -OCH3 is 1. The fourth-order valence-electron chi connectivity index (χ4n) is 4.08. The maximum atomic E-state index is 10.0. The number of nitrogens with zero attached hydrogens (tertiary/aromatic N) is 4. The van der Waals surface area contributed by atoms with E-state index in [2.05, 4.69) is 39.0 Å². The summed E-state index contributed by atoms with van der Waals surface area (Å²) in [6, 6.07) is 11.9. The number of benzene rings is 1. The predicted octanol–water partition coefficient (Wildman–Crippen LogP) is 2.81. The summed E-state index contributed by atoms with van der Waals surface area (Å²) in [4.78, 5) is 2.11. The van der Waals surface area contributed by atoms with Crippen LogP contribution in [0.4, 0.5) is 0 Å². The predicted molar refractivity (Wildman–Crippen MR) is 103 cm³/mol. The highest BCUT2D eigenvalue weighted by Gasteiger charge is 2.54. The number of likely N-dealkylation sites (N-methyl/N-ethyl adjacent to an activating group) is 1. The fraction of sp³-hybridized carbons (Fsp3) is 0.350. The standard InChI is InChI=1S/C20H18BrN5O/c1-26-6-5-13-14(8-22)19(25)20(10-23,11-24)18(15(13)9-26)12-3-4-17(27-2)16(21)7-12/h3-5,7,15,18H,6,9,25H2,1-2H3/t15-,18+/m1/s1. The Morgan fingerprint density at radius 1 is 1.30 bits per heavy atom. The van der Waals surface area contributed by atoms with Gasteiger partial charge in [0, 0.05) is 24.9 Å². The van der Waals surface area contributed by atoms with E-state index in [9.17, 15) is 15.8 Å². The first-order valence-electron chi connectivity index (χ1n) is 8.38. The molecule has 0 spiro atoms. The van der Waals surface area contributed by atoms with Crippen molar-refractivity contribution in [3.8, 4) is 24.0 Å². The molecule has 1 aromatic rings. The monoisotopic (exact) mass is 423 g/mol. The molecule has 3 rings (SSSR count). The Bertz CT molecular complexity index is 962. The van der Waals surface area contributed by atoms with Gasteiger partial charge in [-0.25, -0.2) is 0 Å². The molecule has 1 aliphatic carbocycles. The van der Waals surface area contributed by atoms with Crippen LogP contribution in [0.5, 0.6) is 5.75 Å². The molecule has 0 amide bonds. The lowest BCUT2D eigenvalue weighted by Crippen LogP contribution is -2.47. The average molecular weight is 424 g/mol. The van der Waals surface area contributed by atoms with Crippen molar-refractivity contribution in [3.05, 3.63) is 51.2 Å². The van der Waals surface area contributed by atoms with Crippen LogP contribution < -0.4 is 10.5 Å². The van der Waals surface area contributed by atoms with Gasteiger partial charge in [-0.2, -0.15) is 15.8 Å². The Morgan fingerprint density at radius 2 is 2.00 bits per heavy atom. The Kier molecular flexibility index (Phi) is 4.98. The van der Waals surface area contributed by atoms with E-state index in [0.29, 0.717) is 18.8 Å². The number of ether oxygens (including phenoxy) is 1. The van der Waals surface area contributed by atoms with Crippen molar-refractivity contribution in [2.24, 2.45) is 17.1 Å². The first kappa shape index (κ1) is 19.0. The van der Waals surface area contributed by atoms with Gasteiger partial charge in [0.1, 0.15) is 11.8 Å². The quantitative estimate of drug-likeness (QED) is 0.782. The van der Waals surface area contributed by atoms with Crippen molar-refractivity contribution in [2.45, 2.75) is 5.92 Å². The van der Waals surface area contributed by atoms with Crippen molar-refractivity contribution in [1.29, 1.82) is 15.8 Å². The molecular weight excluding hydrogens is 406 g/mol. The molecule has 6 nitrogen and oxygen atoms in total. The van der Waals surface area contributed by atoms with Gasteiger partial charge in [-0.05, 0) is 46.2 Å². The SMILES string of the molecule is COc1ccc([C@H]2[C@@H]3CN(C)CC=C3C(C#N)=C(N)C2(C#N)C#N)cc1Br. The molecule has 7 heteroatoms. The van der Waals surface area contributed by atoms with E-state index in [-0.39, 0.29) is 17.2 Å². The molecule has 1 heterocycles. The normalized spacial score (nSPS) is 24.1. The van der Waals surface area contributed by atoms with Crippen LogP contribution in [0.15, 0.2) is 45.6 Å². The van der Waals surface area contributed by atoms with Gasteiger partial charge in [-0.15, -0.1) is 0 Å². The second-order valence-corrected chi connectivity index (χ2v) is 7.65. The molecular formula is C20H18BrN5O. The van der Waals surface area contributed by atoms with Crippen molar-refractivity contribution in [2.75, 3.05) is 27.2 Å². The summed E-state index contributed by atoms with van der Waals surface area (Å²) in [5.74, 6) is -0.0297. The Labute approximate surface area is 166 Å². The van der Waals surface area contributed by atoms with Crippen LogP contribution in [0, 0.1) is 45.3 Å². The summed E-state index contributed by atoms with van der Waals surface area (Å²) in [6.45, 7) is 1.32. The summed E-state index contributed by atoms with van der Waals surface area (Å²) in [5.41, 5.74) is 6.60. The zero-order valence-electron chi connectivity index (χ0n) is 15.0. The molecule has 0 fully saturated rings. The number of hydrogen-bond acceptors (Lipinski definition) is 6. The van der Waals surface area contributed by atoms with Crippen LogP contribution in [0.3, 0.4) is 0 Å². The Balaban J connectivity index is 2.31. The number of nitrogens with two attached hydrogens (primary N) is 1. The molecule has 0 bridgehead atoms. The van der Waals surface area contributed by atoms with Crippen LogP contribution >= 0.6 is 15.9 Å². The van der Waals surface area contributed by atoms with Gasteiger partial charge in [0.15, 0.2) is 5.41 Å². The summed E-state index contributed by atoms with van der Waals surface area (Å²) in [6.07, 6.45) is 1.98. The van der Waals surface area contributed by atoms with Gasteiger partial charge in [-0.1, -0.05) is 12.1 Å². The average Bonchev–Trinajstić information content (AvgIpc) is 2.67. The third-order valence-electron chi connectivity index (χ3n) is 5.38. The maximum absolute atomic E-state index is 10.0. The van der Waals surface area contributed by atoms with E-state index >= 15 is 0 Å². The first-order valence-corrected chi connectivity index (χ1v) is 9.18. The van der Waals surface area contributed by atoms with E-state index < -0.39 is 11.3 Å². The smallest absolute Gasteiger partial charge is 0.191 e. The van der Waals surface area contributed by atoms with E-state index in [1.807, 2.05) is 25.3 Å². The molecule has 0 saturated heterocycles. The molecule has 0 saturated carbocycles. The molecule has 1 aromatic carbocycles. The Hall–Kier alpha value is -2.79. The minimum absolute atomic E-state index is 0.0407. The number of rotatable bonds is 2. The lowest BCUT2D eigenvalue weighted by molar-refractivity contribution is 0.237. The van der Waals surface area contributed by atoms with Gasteiger partial charge < -0.3 is 15.4 Å². The summed E-state index contributed by atoms with van der Waals surface area (Å²) < 4.78 is 6.03. The Morgan fingerprint density at radius 3 is 2.56 bits per heavy atom. The highest BCUT2D eigenvalue weighted by molar-refractivity contribution is 9.10. The molecule has 0 radical (unpaired) electrons. The second kappa shape index (κ2) is 7.08. The van der Waals surface area contributed by atoms with Crippen LogP contribution in [0.1, 0.15) is 11.5 Å². The van der Waals surface area contributed by atoms with E-state index in [1.54, 1.807) is 13.2 Å². The molecule has 1 aliphatic heterocycles. The van der Waals surface area contributed by atoms with Gasteiger partial charge in [0.05, 0.1) is 35.0 Å². The molecule has 2 N–H and O–H groups in total. The number of allylic oxidation sites excluding steroid dienone is 2. The minimum Gasteiger partial charge on any atom is -0.496 e. The minimum atomic E-state index is -1.61. The zero-order valence-corrected chi connectivity index (χ0v) is 16.6. The summed E-state index contributed by atoms with van der Waals surface area (Å²) in [5, 5.41) is 29.7. The fourth-order valence-corrected chi connectivity index (χ4v) is 4.63. The molecule has 2 aliphatic rings. The van der Waals surface area contributed by atoms with Crippen molar-refractivity contribution < 1.29 is 4.74 Å². The molecule has 136 valence electrons. The van der Waals surface area contributed by atoms with Gasteiger partial charge in [0.2, 0.25) is 0 Å². The van der Waals surface area contributed by atoms with E-state index in [4.69, 9.17) is 10.5 Å². The highest BCUT2D eigenvalue weighted by atomic mass is 79.9. The topological polar surface area (TPSA) is 110 Å². The van der Waals surface area contributed by atoms with Crippen LogP contribution in [0.25, 0.3) is 0 Å². The van der Waals surface area contributed by atoms with Crippen molar-refractivity contribution in [1.82, 2.24) is 4.90 Å².